The van der Waals surface area contributed by atoms with Crippen LogP contribution in [0.1, 0.15) is 30.1 Å². The van der Waals surface area contributed by atoms with E-state index in [9.17, 15) is 10.2 Å². The predicted octanol–water partition coefficient (Wildman–Crippen LogP) is 3.73. The van der Waals surface area contributed by atoms with Crippen LogP contribution in [0.3, 0.4) is 0 Å². The molecule has 0 spiro atoms. The summed E-state index contributed by atoms with van der Waals surface area (Å²) in [6.45, 7) is 1.84. The van der Waals surface area contributed by atoms with Gasteiger partial charge in [-0.2, -0.15) is 0 Å². The van der Waals surface area contributed by atoms with E-state index >= 15 is 0 Å². The smallest absolute Gasteiger partial charge is 0.161 e. The van der Waals surface area contributed by atoms with E-state index in [1.807, 2.05) is 18.2 Å². The fourth-order valence-electron chi connectivity index (χ4n) is 4.96. The van der Waals surface area contributed by atoms with Crippen LogP contribution in [0.15, 0.2) is 30.3 Å². The number of aromatic hydroxyl groups is 1. The van der Waals surface area contributed by atoms with Crippen LogP contribution < -0.4 is 9.47 Å². The van der Waals surface area contributed by atoms with Crippen LogP contribution in [-0.4, -0.2) is 41.9 Å². The summed E-state index contributed by atoms with van der Waals surface area (Å²) >= 11 is 0. The number of nitrogens with zero attached hydrogens (tertiary/aromatic N) is 1. The molecule has 2 aliphatic heterocycles. The van der Waals surface area contributed by atoms with Crippen LogP contribution in [-0.2, 0) is 6.54 Å². The Kier molecular flexibility index (Phi) is 3.71. The number of methoxy groups -OCH3 is 2. The average molecular weight is 365 g/mol. The summed E-state index contributed by atoms with van der Waals surface area (Å²) in [5.74, 6) is 1.54. The molecule has 2 N–H and O–H groups in total. The van der Waals surface area contributed by atoms with Gasteiger partial charge < -0.3 is 19.7 Å². The second-order valence-electron chi connectivity index (χ2n) is 7.50. The Balaban J connectivity index is 1.93. The normalized spacial score (nSPS) is 22.0. The summed E-state index contributed by atoms with van der Waals surface area (Å²) in [4.78, 5) is 2.38. The Morgan fingerprint density at radius 3 is 2.41 bits per heavy atom. The molecule has 5 nitrogen and oxygen atoms in total. The Morgan fingerprint density at radius 2 is 1.67 bits per heavy atom. The lowest BCUT2D eigenvalue weighted by Crippen LogP contribution is -2.39. The molecule has 0 aromatic heterocycles. The average Bonchev–Trinajstić information content (AvgIpc) is 3.16. The molecule has 1 saturated heterocycles. The molecule has 3 aromatic rings. The summed E-state index contributed by atoms with van der Waals surface area (Å²) in [5.41, 5.74) is 2.14. The summed E-state index contributed by atoms with van der Waals surface area (Å²) in [6.07, 6.45) is 1.61. The molecule has 5 rings (SSSR count). The van der Waals surface area contributed by atoms with Gasteiger partial charge in [0, 0.05) is 12.6 Å². The molecule has 2 aliphatic rings. The maximum Gasteiger partial charge on any atom is 0.161 e. The number of phenolic OH excluding ortho intramolecular Hbond substituents is 1. The molecule has 140 valence electrons. The standard InChI is InChI=1S/C22H23NO4/c1-26-19-9-15-14-8-12(24)5-6-13(14)21-17(16(15)10-20(19)27-2)11-23-7-3-4-18(23)22(21)25/h5-6,8-10,18,22,24-25H,3-4,7,11H2,1-2H3/t18-,22+/m0/s1. The van der Waals surface area contributed by atoms with E-state index in [1.165, 1.54) is 0 Å². The van der Waals surface area contributed by atoms with Crippen LogP contribution in [0.2, 0.25) is 0 Å². The minimum Gasteiger partial charge on any atom is -0.508 e. The van der Waals surface area contributed by atoms with Gasteiger partial charge in [-0.25, -0.2) is 0 Å². The van der Waals surface area contributed by atoms with Crippen molar-refractivity contribution in [2.75, 3.05) is 20.8 Å². The largest absolute Gasteiger partial charge is 0.508 e. The molecule has 3 aromatic carbocycles. The van der Waals surface area contributed by atoms with Gasteiger partial charge in [0.2, 0.25) is 0 Å². The minimum absolute atomic E-state index is 0.173. The highest BCUT2D eigenvalue weighted by molar-refractivity contribution is 6.12. The SMILES string of the molecule is COc1cc2c3c(c4ccc(O)cc4c2cc1OC)[C@H](O)[C@@H]1CCCN1C3. The quantitative estimate of drug-likeness (QED) is 0.678. The zero-order valence-electron chi connectivity index (χ0n) is 15.5. The fourth-order valence-corrected chi connectivity index (χ4v) is 4.96. The molecule has 0 saturated carbocycles. The molecule has 0 aliphatic carbocycles. The van der Waals surface area contributed by atoms with Crippen molar-refractivity contribution in [3.63, 3.8) is 0 Å². The van der Waals surface area contributed by atoms with E-state index in [1.54, 1.807) is 26.4 Å². The maximum atomic E-state index is 11.2. The number of aliphatic hydroxyl groups is 1. The molecule has 0 bridgehead atoms. The number of hydrogen-bond acceptors (Lipinski definition) is 5. The zero-order valence-corrected chi connectivity index (χ0v) is 15.5. The molecule has 0 unspecified atom stereocenters. The van der Waals surface area contributed by atoms with Crippen LogP contribution in [0.4, 0.5) is 0 Å². The van der Waals surface area contributed by atoms with Crippen molar-refractivity contribution in [2.45, 2.75) is 31.5 Å². The molecular formula is C22H23NO4. The van der Waals surface area contributed by atoms with Crippen LogP contribution in [0, 0.1) is 0 Å². The number of rotatable bonds is 2. The summed E-state index contributed by atoms with van der Waals surface area (Å²) in [5, 5.41) is 25.3. The van der Waals surface area contributed by atoms with Gasteiger partial charge in [-0.05, 0) is 76.3 Å². The third-order valence-corrected chi connectivity index (χ3v) is 6.19. The van der Waals surface area contributed by atoms with E-state index in [-0.39, 0.29) is 11.8 Å². The molecule has 0 radical (unpaired) electrons. The van der Waals surface area contributed by atoms with Crippen molar-refractivity contribution in [1.82, 2.24) is 4.90 Å². The van der Waals surface area contributed by atoms with E-state index in [4.69, 9.17) is 9.47 Å². The highest BCUT2D eigenvalue weighted by Gasteiger charge is 2.38. The van der Waals surface area contributed by atoms with E-state index in [0.29, 0.717) is 11.5 Å². The summed E-state index contributed by atoms with van der Waals surface area (Å²) in [7, 11) is 3.26. The first-order valence-corrected chi connectivity index (χ1v) is 9.37. The number of phenols is 1. The second-order valence-corrected chi connectivity index (χ2v) is 7.50. The monoisotopic (exact) mass is 365 g/mol. The second kappa shape index (κ2) is 6.01. The number of hydrogen-bond donors (Lipinski definition) is 2. The highest BCUT2D eigenvalue weighted by atomic mass is 16.5. The molecule has 2 heterocycles. The van der Waals surface area contributed by atoms with Gasteiger partial charge in [0.1, 0.15) is 5.75 Å². The van der Waals surface area contributed by atoms with Crippen molar-refractivity contribution in [1.29, 1.82) is 0 Å². The maximum absolute atomic E-state index is 11.2. The Hall–Kier alpha value is -2.50. The van der Waals surface area contributed by atoms with Crippen molar-refractivity contribution >= 4 is 21.5 Å². The lowest BCUT2D eigenvalue weighted by atomic mass is 9.83. The third-order valence-electron chi connectivity index (χ3n) is 6.19. The van der Waals surface area contributed by atoms with Crippen molar-refractivity contribution in [2.24, 2.45) is 0 Å². The minimum atomic E-state index is -0.527. The topological polar surface area (TPSA) is 62.2 Å². The number of ether oxygens (including phenoxy) is 2. The lowest BCUT2D eigenvalue weighted by molar-refractivity contribution is 0.0552. The zero-order chi connectivity index (χ0) is 18.7. The van der Waals surface area contributed by atoms with Gasteiger partial charge in [-0.15, -0.1) is 0 Å². The first-order valence-electron chi connectivity index (χ1n) is 9.37. The first-order chi connectivity index (χ1) is 13.1. The van der Waals surface area contributed by atoms with Gasteiger partial charge in [-0.1, -0.05) is 6.07 Å². The summed E-state index contributed by atoms with van der Waals surface area (Å²) < 4.78 is 11.0. The van der Waals surface area contributed by atoms with Gasteiger partial charge in [0.25, 0.3) is 0 Å². The van der Waals surface area contributed by atoms with Gasteiger partial charge in [0.05, 0.1) is 20.3 Å². The first kappa shape index (κ1) is 16.7. The Morgan fingerprint density at radius 1 is 0.963 bits per heavy atom. The molecule has 27 heavy (non-hydrogen) atoms. The third kappa shape index (κ3) is 2.32. The Labute approximate surface area is 157 Å². The number of fused-ring (bicyclic) bond motifs is 7. The molecule has 1 fully saturated rings. The van der Waals surface area contributed by atoms with E-state index in [2.05, 4.69) is 4.90 Å². The van der Waals surface area contributed by atoms with Crippen LogP contribution >= 0.6 is 0 Å². The fraction of sp³-hybridized carbons (Fsp3) is 0.364. The summed E-state index contributed by atoms with van der Waals surface area (Å²) in [6, 6.07) is 9.54. The van der Waals surface area contributed by atoms with Crippen LogP contribution in [0.25, 0.3) is 21.5 Å². The predicted molar refractivity (Wildman–Crippen MR) is 105 cm³/mol. The van der Waals surface area contributed by atoms with Gasteiger partial charge >= 0.3 is 0 Å². The van der Waals surface area contributed by atoms with E-state index < -0.39 is 6.10 Å². The molecule has 0 amide bonds. The Bertz CT molecular complexity index is 1060. The number of aliphatic hydroxyl groups excluding tert-OH is 1. The van der Waals surface area contributed by atoms with Crippen molar-refractivity contribution in [3.8, 4) is 17.2 Å². The van der Waals surface area contributed by atoms with E-state index in [0.717, 1.165) is 58.6 Å². The van der Waals surface area contributed by atoms with Gasteiger partial charge in [-0.3, -0.25) is 4.90 Å². The molecule has 5 heteroatoms. The van der Waals surface area contributed by atoms with Crippen molar-refractivity contribution in [3.05, 3.63) is 41.5 Å². The molecule has 2 atom stereocenters. The highest BCUT2D eigenvalue weighted by Crippen LogP contribution is 2.47. The van der Waals surface area contributed by atoms with Gasteiger partial charge in [0.15, 0.2) is 11.5 Å². The van der Waals surface area contributed by atoms with Crippen LogP contribution in [0.5, 0.6) is 17.2 Å². The lowest BCUT2D eigenvalue weighted by Gasteiger charge is -2.37. The number of benzene rings is 3. The molecular weight excluding hydrogens is 342 g/mol. The van der Waals surface area contributed by atoms with Crippen molar-refractivity contribution < 1.29 is 19.7 Å².